The summed E-state index contributed by atoms with van der Waals surface area (Å²) in [6, 6.07) is 93.0. The van der Waals surface area contributed by atoms with E-state index >= 15 is 0 Å². The van der Waals surface area contributed by atoms with Gasteiger partial charge >= 0.3 is 0 Å². The van der Waals surface area contributed by atoms with Crippen LogP contribution in [0.4, 0.5) is 34.1 Å². The molecule has 1 aliphatic rings. The second-order valence-electron chi connectivity index (χ2n) is 18.8. The molecule has 2 aromatic heterocycles. The Balaban J connectivity index is 1.04. The Morgan fingerprint density at radius 2 is 0.813 bits per heavy atom. The predicted octanol–water partition coefficient (Wildman–Crippen LogP) is 18.2. The van der Waals surface area contributed by atoms with E-state index in [1.165, 1.54) is 0 Å². The zero-order chi connectivity index (χ0) is 49.9. The maximum absolute atomic E-state index is 5.28. The lowest BCUT2D eigenvalue weighted by Crippen LogP contribution is -2.13. The molecule has 1 aliphatic carbocycles. The zero-order valence-electron chi connectivity index (χ0n) is 41.1. The molecule has 356 valence electrons. The van der Waals surface area contributed by atoms with Gasteiger partial charge in [0.15, 0.2) is 5.82 Å². The fourth-order valence-corrected chi connectivity index (χ4v) is 10.5. The summed E-state index contributed by atoms with van der Waals surface area (Å²) >= 11 is 0. The lowest BCUT2D eigenvalue weighted by Gasteiger charge is -2.30. The van der Waals surface area contributed by atoms with Crippen molar-refractivity contribution in [3.05, 3.63) is 291 Å². The number of anilines is 6. The minimum absolute atomic E-state index is 0.0351. The third-order valence-corrected chi connectivity index (χ3v) is 14.1. The molecule has 0 saturated carbocycles. The molecule has 10 aromatic carbocycles. The van der Waals surface area contributed by atoms with Crippen molar-refractivity contribution in [3.63, 3.8) is 0 Å². The number of rotatable bonds is 12. The van der Waals surface area contributed by atoms with Gasteiger partial charge in [0.2, 0.25) is 5.95 Å². The monoisotopic (exact) mass is 962 g/mol. The summed E-state index contributed by atoms with van der Waals surface area (Å²) in [5.41, 5.74) is 16.0. The fourth-order valence-electron chi connectivity index (χ4n) is 10.5. The van der Waals surface area contributed by atoms with Crippen LogP contribution in [0.1, 0.15) is 18.2 Å². The van der Waals surface area contributed by atoms with Gasteiger partial charge in [-0.1, -0.05) is 200 Å². The molecule has 0 saturated heterocycles. The fraction of sp³-hybridized carbons (Fsp3) is 0.0290. The largest absolute Gasteiger partial charge is 0.310 e. The number of allylic oxidation sites excluding steroid dienone is 4. The maximum Gasteiger partial charge on any atom is 0.238 e. The smallest absolute Gasteiger partial charge is 0.238 e. The van der Waals surface area contributed by atoms with Crippen LogP contribution in [0.5, 0.6) is 0 Å². The van der Waals surface area contributed by atoms with Crippen LogP contribution in [0, 0.1) is 0 Å². The molecule has 0 N–H and O–H groups in total. The standard InChI is InChI=1S/C69H50N6/c1-7-23-49(24-8-1)53-31-21-37-59(43-53)73(57-33-15-5-16-34-57)61-45-56(46-62(48-61)74(58-35-17-6-18-36-58)60-38-22-32-54(44-60)50-25-9-2-10-26-50)55-41-42-66-64(47-55)63-39-19-20-40-65(63)75(66)69-71-67(51-27-11-3-12-28-51)70-68(72-69)52-29-13-4-14-30-52/h1-29,31-48,52H,30H2. The first kappa shape index (κ1) is 45.0. The van der Waals surface area contributed by atoms with E-state index < -0.39 is 0 Å². The van der Waals surface area contributed by atoms with Crippen LogP contribution < -0.4 is 9.80 Å². The molecule has 13 rings (SSSR count). The Hall–Kier alpha value is -9.91. The van der Waals surface area contributed by atoms with Crippen LogP contribution in [0.2, 0.25) is 0 Å². The minimum Gasteiger partial charge on any atom is -0.310 e. The normalized spacial score (nSPS) is 13.0. The van der Waals surface area contributed by atoms with Crippen molar-refractivity contribution in [2.75, 3.05) is 9.80 Å². The van der Waals surface area contributed by atoms with Gasteiger partial charge in [-0.25, -0.2) is 4.98 Å². The van der Waals surface area contributed by atoms with Crippen molar-refractivity contribution in [2.45, 2.75) is 12.3 Å². The highest BCUT2D eigenvalue weighted by Gasteiger charge is 2.23. The molecule has 0 radical (unpaired) electrons. The van der Waals surface area contributed by atoms with Gasteiger partial charge in [0.1, 0.15) is 5.82 Å². The molecule has 0 aliphatic heterocycles. The topological polar surface area (TPSA) is 50.1 Å². The molecule has 0 fully saturated rings. The van der Waals surface area contributed by atoms with Crippen molar-refractivity contribution in [3.8, 4) is 50.7 Å². The number of fused-ring (bicyclic) bond motifs is 3. The Kier molecular flexibility index (Phi) is 12.0. The summed E-state index contributed by atoms with van der Waals surface area (Å²) in [4.78, 5) is 20.4. The number of benzene rings is 10. The van der Waals surface area contributed by atoms with Gasteiger partial charge in [-0.15, -0.1) is 0 Å². The first-order valence-corrected chi connectivity index (χ1v) is 25.5. The lowest BCUT2D eigenvalue weighted by atomic mass is 9.99. The number of nitrogens with zero attached hydrogens (tertiary/aromatic N) is 6. The molecule has 0 spiro atoms. The van der Waals surface area contributed by atoms with Crippen LogP contribution in [-0.2, 0) is 0 Å². The van der Waals surface area contributed by atoms with Crippen LogP contribution in [0.3, 0.4) is 0 Å². The van der Waals surface area contributed by atoms with Gasteiger partial charge < -0.3 is 9.80 Å². The van der Waals surface area contributed by atoms with Crippen LogP contribution in [0.15, 0.2) is 285 Å². The molecule has 2 heterocycles. The van der Waals surface area contributed by atoms with Crippen molar-refractivity contribution < 1.29 is 0 Å². The molecule has 75 heavy (non-hydrogen) atoms. The molecule has 1 atom stereocenters. The third kappa shape index (κ3) is 8.96. The molecule has 6 nitrogen and oxygen atoms in total. The molecular formula is C69H50N6. The van der Waals surface area contributed by atoms with Crippen LogP contribution in [-0.4, -0.2) is 19.5 Å². The van der Waals surface area contributed by atoms with Gasteiger partial charge in [-0.05, 0) is 125 Å². The average molecular weight is 963 g/mol. The van der Waals surface area contributed by atoms with Crippen molar-refractivity contribution in [1.82, 2.24) is 19.5 Å². The summed E-state index contributed by atoms with van der Waals surface area (Å²) in [7, 11) is 0. The SMILES string of the molecule is C1=CCC(c2nc(-c3ccccc3)nc(-n3c4ccccc4c4cc(-c5cc(N(c6ccccc6)c6cccc(-c7ccccc7)c6)cc(N(c6ccccc6)c6cccc(-c7ccccc7)c6)c5)ccc43)n2)C=C1. The van der Waals surface area contributed by atoms with E-state index in [-0.39, 0.29) is 5.92 Å². The lowest BCUT2D eigenvalue weighted by molar-refractivity contribution is 0.750. The summed E-state index contributed by atoms with van der Waals surface area (Å²) in [5, 5.41) is 2.21. The summed E-state index contributed by atoms with van der Waals surface area (Å²) in [5.74, 6) is 2.03. The first-order chi connectivity index (χ1) is 37.2. The third-order valence-electron chi connectivity index (χ3n) is 14.1. The first-order valence-electron chi connectivity index (χ1n) is 25.5. The second kappa shape index (κ2) is 19.9. The van der Waals surface area contributed by atoms with E-state index in [9.17, 15) is 0 Å². The van der Waals surface area contributed by atoms with E-state index in [1.807, 2.05) is 18.2 Å². The highest BCUT2D eigenvalue weighted by atomic mass is 15.2. The average Bonchev–Trinajstić information content (AvgIpc) is 3.83. The van der Waals surface area contributed by atoms with Gasteiger partial charge in [0.25, 0.3) is 0 Å². The van der Waals surface area contributed by atoms with E-state index in [4.69, 9.17) is 15.0 Å². The van der Waals surface area contributed by atoms with Gasteiger partial charge in [0, 0.05) is 56.4 Å². The summed E-state index contributed by atoms with van der Waals surface area (Å²) in [6.07, 6.45) is 9.37. The summed E-state index contributed by atoms with van der Waals surface area (Å²) < 4.78 is 2.21. The van der Waals surface area contributed by atoms with Gasteiger partial charge in [-0.2, -0.15) is 9.97 Å². The molecule has 6 heteroatoms. The quantitative estimate of drug-likeness (QED) is 0.122. The summed E-state index contributed by atoms with van der Waals surface area (Å²) in [6.45, 7) is 0. The van der Waals surface area contributed by atoms with E-state index in [1.54, 1.807) is 0 Å². The van der Waals surface area contributed by atoms with Crippen LogP contribution in [0.25, 0.3) is 72.5 Å². The van der Waals surface area contributed by atoms with Gasteiger partial charge in [-0.3, -0.25) is 4.57 Å². The Labute approximate surface area is 437 Å². The zero-order valence-corrected chi connectivity index (χ0v) is 41.1. The predicted molar refractivity (Wildman–Crippen MR) is 311 cm³/mol. The molecular weight excluding hydrogens is 913 g/mol. The number of aromatic nitrogens is 4. The van der Waals surface area contributed by atoms with Crippen LogP contribution >= 0.6 is 0 Å². The molecule has 0 bridgehead atoms. The molecule has 0 amide bonds. The Bertz CT molecular complexity index is 3890. The van der Waals surface area contributed by atoms with Crippen molar-refractivity contribution in [1.29, 1.82) is 0 Å². The van der Waals surface area contributed by atoms with Gasteiger partial charge in [0.05, 0.1) is 11.0 Å². The number of hydrogen-bond donors (Lipinski definition) is 0. The van der Waals surface area contributed by atoms with E-state index in [2.05, 4.69) is 281 Å². The Morgan fingerprint density at radius 3 is 1.39 bits per heavy atom. The maximum atomic E-state index is 5.28. The molecule has 1 unspecified atom stereocenters. The second-order valence-corrected chi connectivity index (χ2v) is 18.8. The number of para-hydroxylation sites is 3. The molecule has 12 aromatic rings. The van der Waals surface area contributed by atoms with E-state index in [0.29, 0.717) is 11.8 Å². The number of hydrogen-bond acceptors (Lipinski definition) is 5. The van der Waals surface area contributed by atoms with E-state index in [0.717, 1.165) is 107 Å². The van der Waals surface area contributed by atoms with Crippen molar-refractivity contribution in [2.24, 2.45) is 0 Å². The van der Waals surface area contributed by atoms with Crippen molar-refractivity contribution >= 4 is 55.9 Å². The highest BCUT2D eigenvalue weighted by molar-refractivity contribution is 6.10. The minimum atomic E-state index is 0.0351. The highest BCUT2D eigenvalue weighted by Crippen LogP contribution is 2.45. The Morgan fingerprint density at radius 1 is 0.333 bits per heavy atom.